The van der Waals surface area contributed by atoms with Crippen molar-refractivity contribution in [2.24, 2.45) is 0 Å². The van der Waals surface area contributed by atoms with E-state index in [1.807, 2.05) is 23.6 Å². The molecule has 0 fully saturated rings. The summed E-state index contributed by atoms with van der Waals surface area (Å²) in [6.45, 7) is 0.630. The van der Waals surface area contributed by atoms with Gasteiger partial charge in [0.05, 0.1) is 22.9 Å². The predicted molar refractivity (Wildman–Crippen MR) is 82.5 cm³/mol. The average molecular weight is 299 g/mol. The summed E-state index contributed by atoms with van der Waals surface area (Å²) in [4.78, 5) is 19.8. The summed E-state index contributed by atoms with van der Waals surface area (Å²) in [5, 5.41) is 5.29. The first kappa shape index (κ1) is 13.5. The SMILES string of the molecule is COC(=O)c1ccc(CNc2ncnc3ccsc23)cc1. The molecule has 0 aliphatic heterocycles. The highest BCUT2D eigenvalue weighted by molar-refractivity contribution is 7.17. The molecule has 21 heavy (non-hydrogen) atoms. The number of nitrogens with zero attached hydrogens (tertiary/aromatic N) is 2. The zero-order valence-corrected chi connectivity index (χ0v) is 12.2. The number of fused-ring (bicyclic) bond motifs is 1. The normalized spacial score (nSPS) is 10.5. The van der Waals surface area contributed by atoms with Crippen LogP contribution in [0.3, 0.4) is 0 Å². The van der Waals surface area contributed by atoms with Crippen LogP contribution in [-0.2, 0) is 11.3 Å². The highest BCUT2D eigenvalue weighted by atomic mass is 32.1. The first-order valence-corrected chi connectivity index (χ1v) is 7.25. The molecular weight excluding hydrogens is 286 g/mol. The third kappa shape index (κ3) is 2.85. The molecule has 3 rings (SSSR count). The van der Waals surface area contributed by atoms with Gasteiger partial charge in [-0.25, -0.2) is 14.8 Å². The van der Waals surface area contributed by atoms with Crippen molar-refractivity contribution in [3.05, 3.63) is 53.2 Å². The van der Waals surface area contributed by atoms with E-state index in [0.717, 1.165) is 21.6 Å². The summed E-state index contributed by atoms with van der Waals surface area (Å²) >= 11 is 1.61. The molecule has 3 aromatic rings. The van der Waals surface area contributed by atoms with Crippen molar-refractivity contribution in [2.75, 3.05) is 12.4 Å². The fraction of sp³-hybridized carbons (Fsp3) is 0.133. The fourth-order valence-corrected chi connectivity index (χ4v) is 2.79. The topological polar surface area (TPSA) is 64.1 Å². The molecule has 0 atom stereocenters. The van der Waals surface area contributed by atoms with Crippen LogP contribution in [0.1, 0.15) is 15.9 Å². The van der Waals surface area contributed by atoms with E-state index in [9.17, 15) is 4.79 Å². The molecule has 0 bridgehead atoms. The largest absolute Gasteiger partial charge is 0.465 e. The molecule has 2 heterocycles. The Labute approximate surface area is 125 Å². The minimum atomic E-state index is -0.328. The molecule has 5 nitrogen and oxygen atoms in total. The molecular formula is C15H13N3O2S. The van der Waals surface area contributed by atoms with Gasteiger partial charge in [0.15, 0.2) is 0 Å². The maximum absolute atomic E-state index is 11.4. The number of hydrogen-bond acceptors (Lipinski definition) is 6. The van der Waals surface area contributed by atoms with Gasteiger partial charge < -0.3 is 10.1 Å². The van der Waals surface area contributed by atoms with Crippen LogP contribution in [0.15, 0.2) is 42.0 Å². The summed E-state index contributed by atoms with van der Waals surface area (Å²) < 4.78 is 5.72. The standard InChI is InChI=1S/C15H13N3O2S/c1-20-15(19)11-4-2-10(3-5-11)8-16-14-13-12(6-7-21-13)17-9-18-14/h2-7,9H,8H2,1H3,(H,16,17,18). The maximum atomic E-state index is 11.4. The van der Waals surface area contributed by atoms with Crippen molar-refractivity contribution in [3.8, 4) is 0 Å². The van der Waals surface area contributed by atoms with Crippen molar-refractivity contribution < 1.29 is 9.53 Å². The van der Waals surface area contributed by atoms with Crippen LogP contribution in [0.2, 0.25) is 0 Å². The Bertz CT molecular complexity index is 768. The molecule has 1 N–H and O–H groups in total. The monoisotopic (exact) mass is 299 g/mol. The van der Waals surface area contributed by atoms with Crippen LogP contribution in [-0.4, -0.2) is 23.0 Å². The second-order valence-electron chi connectivity index (χ2n) is 4.40. The van der Waals surface area contributed by atoms with E-state index in [0.29, 0.717) is 12.1 Å². The number of methoxy groups -OCH3 is 1. The quantitative estimate of drug-likeness (QED) is 0.750. The summed E-state index contributed by atoms with van der Waals surface area (Å²) in [5.41, 5.74) is 2.55. The van der Waals surface area contributed by atoms with E-state index in [2.05, 4.69) is 20.0 Å². The number of benzene rings is 1. The second kappa shape index (κ2) is 5.88. The predicted octanol–water partition coefficient (Wildman–Crippen LogP) is 3.09. The number of hydrogen-bond donors (Lipinski definition) is 1. The van der Waals surface area contributed by atoms with Gasteiger partial charge in [-0.3, -0.25) is 0 Å². The molecule has 2 aromatic heterocycles. The van der Waals surface area contributed by atoms with Crippen LogP contribution in [0.4, 0.5) is 5.82 Å². The van der Waals surface area contributed by atoms with Crippen molar-refractivity contribution >= 4 is 33.3 Å². The lowest BCUT2D eigenvalue weighted by Crippen LogP contribution is -2.04. The Kier molecular flexibility index (Phi) is 3.79. The minimum Gasteiger partial charge on any atom is -0.465 e. The van der Waals surface area contributed by atoms with Crippen molar-refractivity contribution in [1.82, 2.24) is 9.97 Å². The minimum absolute atomic E-state index is 0.328. The first-order chi connectivity index (χ1) is 10.3. The van der Waals surface area contributed by atoms with Crippen molar-refractivity contribution in [1.29, 1.82) is 0 Å². The molecule has 0 aliphatic carbocycles. The van der Waals surface area contributed by atoms with E-state index < -0.39 is 0 Å². The van der Waals surface area contributed by atoms with Gasteiger partial charge in [0.1, 0.15) is 12.1 Å². The number of aromatic nitrogens is 2. The first-order valence-electron chi connectivity index (χ1n) is 6.37. The number of carbonyl (C=O) groups is 1. The number of rotatable bonds is 4. The Balaban J connectivity index is 1.73. The summed E-state index contributed by atoms with van der Waals surface area (Å²) in [5.74, 6) is 0.498. The third-order valence-electron chi connectivity index (χ3n) is 3.08. The van der Waals surface area contributed by atoms with E-state index in [1.54, 1.807) is 29.8 Å². The van der Waals surface area contributed by atoms with E-state index >= 15 is 0 Å². The lowest BCUT2D eigenvalue weighted by Gasteiger charge is -2.07. The lowest BCUT2D eigenvalue weighted by atomic mass is 10.1. The molecule has 0 amide bonds. The second-order valence-corrected chi connectivity index (χ2v) is 5.32. The van der Waals surface area contributed by atoms with Gasteiger partial charge in [-0.15, -0.1) is 11.3 Å². The van der Waals surface area contributed by atoms with Crippen LogP contribution in [0, 0.1) is 0 Å². The molecule has 0 saturated carbocycles. The summed E-state index contributed by atoms with van der Waals surface area (Å²) in [7, 11) is 1.37. The maximum Gasteiger partial charge on any atom is 0.337 e. The van der Waals surface area contributed by atoms with Gasteiger partial charge in [-0.05, 0) is 29.1 Å². The molecule has 0 spiro atoms. The number of nitrogens with one attached hydrogen (secondary N) is 1. The molecule has 6 heteroatoms. The van der Waals surface area contributed by atoms with E-state index in [4.69, 9.17) is 0 Å². The van der Waals surface area contributed by atoms with Crippen molar-refractivity contribution in [2.45, 2.75) is 6.54 Å². The van der Waals surface area contributed by atoms with Crippen LogP contribution in [0.25, 0.3) is 10.2 Å². The Hall–Kier alpha value is -2.47. The smallest absolute Gasteiger partial charge is 0.337 e. The average Bonchev–Trinajstić information content (AvgIpc) is 3.02. The summed E-state index contributed by atoms with van der Waals surface area (Å²) in [6.07, 6.45) is 1.55. The zero-order valence-electron chi connectivity index (χ0n) is 11.4. The van der Waals surface area contributed by atoms with E-state index in [-0.39, 0.29) is 5.97 Å². The fourth-order valence-electron chi connectivity index (χ4n) is 1.98. The zero-order chi connectivity index (χ0) is 14.7. The van der Waals surface area contributed by atoms with Gasteiger partial charge in [0.2, 0.25) is 0 Å². The lowest BCUT2D eigenvalue weighted by molar-refractivity contribution is 0.0600. The van der Waals surface area contributed by atoms with E-state index in [1.165, 1.54) is 7.11 Å². The number of carbonyl (C=O) groups excluding carboxylic acids is 1. The Morgan fingerprint density at radius 1 is 1.24 bits per heavy atom. The van der Waals surface area contributed by atoms with Gasteiger partial charge in [0.25, 0.3) is 0 Å². The van der Waals surface area contributed by atoms with Crippen LogP contribution in [0.5, 0.6) is 0 Å². The third-order valence-corrected chi connectivity index (χ3v) is 3.99. The Morgan fingerprint density at radius 2 is 2.05 bits per heavy atom. The molecule has 0 unspecified atom stereocenters. The summed E-state index contributed by atoms with van der Waals surface area (Å²) in [6, 6.07) is 9.27. The van der Waals surface area contributed by atoms with Gasteiger partial charge in [0, 0.05) is 6.54 Å². The highest BCUT2D eigenvalue weighted by Crippen LogP contribution is 2.25. The van der Waals surface area contributed by atoms with Gasteiger partial charge in [-0.2, -0.15) is 0 Å². The number of esters is 1. The van der Waals surface area contributed by atoms with Crippen molar-refractivity contribution in [3.63, 3.8) is 0 Å². The van der Waals surface area contributed by atoms with Gasteiger partial charge in [-0.1, -0.05) is 12.1 Å². The Morgan fingerprint density at radius 3 is 2.81 bits per heavy atom. The number of thiophene rings is 1. The van der Waals surface area contributed by atoms with Crippen LogP contribution >= 0.6 is 11.3 Å². The number of ether oxygens (including phenoxy) is 1. The molecule has 0 saturated heterocycles. The van der Waals surface area contributed by atoms with Crippen LogP contribution < -0.4 is 5.32 Å². The molecule has 0 aliphatic rings. The molecule has 0 radical (unpaired) electrons. The molecule has 106 valence electrons. The van der Waals surface area contributed by atoms with Gasteiger partial charge >= 0.3 is 5.97 Å². The number of anilines is 1. The highest BCUT2D eigenvalue weighted by Gasteiger charge is 2.06. The molecule has 1 aromatic carbocycles.